The van der Waals surface area contributed by atoms with E-state index in [4.69, 9.17) is 4.74 Å². The first-order valence-electron chi connectivity index (χ1n) is 7.19. The van der Waals surface area contributed by atoms with Crippen LogP contribution in [0, 0.1) is 0 Å². The van der Waals surface area contributed by atoms with Gasteiger partial charge in [0.25, 0.3) is 0 Å². The van der Waals surface area contributed by atoms with Crippen LogP contribution in [0.15, 0.2) is 22.7 Å². The van der Waals surface area contributed by atoms with Gasteiger partial charge in [0.15, 0.2) is 0 Å². The summed E-state index contributed by atoms with van der Waals surface area (Å²) in [6.07, 6.45) is 1.71. The summed E-state index contributed by atoms with van der Waals surface area (Å²) in [7, 11) is 0. The smallest absolute Gasteiger partial charge is 0.407 e. The van der Waals surface area contributed by atoms with Gasteiger partial charge < -0.3 is 15.4 Å². The number of hydrogen-bond donors (Lipinski definition) is 2. The van der Waals surface area contributed by atoms with Crippen molar-refractivity contribution in [3.8, 4) is 0 Å². The topological polar surface area (TPSA) is 67.4 Å². The monoisotopic (exact) mass is 370 g/mol. The first kappa shape index (κ1) is 18.5. The highest BCUT2D eigenvalue weighted by Crippen LogP contribution is 2.22. The van der Waals surface area contributed by atoms with Crippen molar-refractivity contribution in [2.45, 2.75) is 52.2 Å². The molecule has 122 valence electrons. The normalized spacial score (nSPS) is 12.4. The number of nitrogens with one attached hydrogen (secondary N) is 2. The van der Waals surface area contributed by atoms with E-state index >= 15 is 0 Å². The van der Waals surface area contributed by atoms with E-state index in [0.717, 1.165) is 28.6 Å². The lowest BCUT2D eigenvalue weighted by Gasteiger charge is -2.22. The van der Waals surface area contributed by atoms with Crippen LogP contribution >= 0.6 is 15.9 Å². The van der Waals surface area contributed by atoms with Crippen LogP contribution in [0.2, 0.25) is 0 Å². The Labute approximate surface area is 139 Å². The van der Waals surface area contributed by atoms with Crippen molar-refractivity contribution in [3.63, 3.8) is 0 Å². The molecule has 1 unspecified atom stereocenters. The number of rotatable bonds is 6. The molecule has 2 amide bonds. The summed E-state index contributed by atoms with van der Waals surface area (Å²) in [4.78, 5) is 22.3. The van der Waals surface area contributed by atoms with Crippen LogP contribution < -0.4 is 10.6 Å². The summed E-state index contributed by atoms with van der Waals surface area (Å²) in [5.74, 6) is 0. The number of ether oxygens (including phenoxy) is 1. The molecule has 22 heavy (non-hydrogen) atoms. The van der Waals surface area contributed by atoms with Gasteiger partial charge in [0.1, 0.15) is 5.60 Å². The van der Waals surface area contributed by atoms with Gasteiger partial charge in [-0.1, -0.05) is 15.9 Å². The Balaban J connectivity index is 2.57. The molecule has 1 rings (SSSR count). The number of carbonyl (C=O) groups is 2. The first-order chi connectivity index (χ1) is 10.2. The minimum Gasteiger partial charge on any atom is -0.444 e. The van der Waals surface area contributed by atoms with Gasteiger partial charge in [-0.2, -0.15) is 0 Å². The molecule has 0 aromatic heterocycles. The Morgan fingerprint density at radius 1 is 1.41 bits per heavy atom. The number of alkyl carbamates (subject to hydrolysis) is 1. The minimum absolute atomic E-state index is 0.0297. The van der Waals surface area contributed by atoms with E-state index in [-0.39, 0.29) is 6.04 Å². The second kappa shape index (κ2) is 8.17. The molecule has 1 aromatic carbocycles. The zero-order valence-corrected chi connectivity index (χ0v) is 15.0. The van der Waals surface area contributed by atoms with Crippen LogP contribution in [0.25, 0.3) is 0 Å². The number of benzene rings is 1. The van der Waals surface area contributed by atoms with Crippen LogP contribution in [-0.2, 0) is 16.0 Å². The zero-order chi connectivity index (χ0) is 16.8. The predicted molar refractivity (Wildman–Crippen MR) is 91.0 cm³/mol. The fourth-order valence-electron chi connectivity index (χ4n) is 1.93. The molecule has 0 bridgehead atoms. The number of carbonyl (C=O) groups excluding carboxylic acids is 2. The van der Waals surface area contributed by atoms with Crippen LogP contribution in [-0.4, -0.2) is 24.1 Å². The Morgan fingerprint density at radius 2 is 2.09 bits per heavy atom. The lowest BCUT2D eigenvalue weighted by molar-refractivity contribution is -0.105. The molecule has 0 aliphatic rings. The van der Waals surface area contributed by atoms with Crippen molar-refractivity contribution in [1.29, 1.82) is 0 Å². The van der Waals surface area contributed by atoms with E-state index in [1.54, 1.807) is 0 Å². The molecule has 5 nitrogen and oxygen atoms in total. The second-order valence-corrected chi connectivity index (χ2v) is 7.07. The van der Waals surface area contributed by atoms with Crippen LogP contribution in [0.5, 0.6) is 0 Å². The summed E-state index contributed by atoms with van der Waals surface area (Å²) < 4.78 is 6.18. The summed E-state index contributed by atoms with van der Waals surface area (Å²) in [5.41, 5.74) is 1.29. The van der Waals surface area contributed by atoms with Crippen molar-refractivity contribution >= 4 is 34.1 Å². The SMILES string of the molecule is CC(CCc1cc(Br)ccc1NC=O)NC(=O)OC(C)(C)C. The number of anilines is 1. The molecule has 0 spiro atoms. The number of amides is 2. The lowest BCUT2D eigenvalue weighted by Crippen LogP contribution is -2.37. The quantitative estimate of drug-likeness (QED) is 0.746. The number of halogens is 1. The largest absolute Gasteiger partial charge is 0.444 e. The number of aryl methyl sites for hydroxylation is 1. The molecule has 2 N–H and O–H groups in total. The third-order valence-corrected chi connectivity index (χ3v) is 3.38. The Kier molecular flexibility index (Phi) is 6.87. The first-order valence-corrected chi connectivity index (χ1v) is 7.98. The van der Waals surface area contributed by atoms with Gasteiger partial charge in [0.2, 0.25) is 6.41 Å². The van der Waals surface area contributed by atoms with Gasteiger partial charge >= 0.3 is 6.09 Å². The van der Waals surface area contributed by atoms with Gasteiger partial charge in [-0.15, -0.1) is 0 Å². The maximum absolute atomic E-state index is 11.7. The second-order valence-electron chi connectivity index (χ2n) is 6.15. The van der Waals surface area contributed by atoms with Crippen LogP contribution in [0.1, 0.15) is 39.7 Å². The van der Waals surface area contributed by atoms with Gasteiger partial charge in [-0.3, -0.25) is 4.79 Å². The van der Waals surface area contributed by atoms with E-state index < -0.39 is 11.7 Å². The van der Waals surface area contributed by atoms with Crippen molar-refractivity contribution in [3.05, 3.63) is 28.2 Å². The summed E-state index contributed by atoms with van der Waals surface area (Å²) in [6, 6.07) is 5.65. The average molecular weight is 371 g/mol. The van der Waals surface area contributed by atoms with Gasteiger partial charge in [-0.25, -0.2) is 4.79 Å². The minimum atomic E-state index is -0.505. The molecule has 0 saturated heterocycles. The van der Waals surface area contributed by atoms with Crippen molar-refractivity contribution in [2.24, 2.45) is 0 Å². The third-order valence-electron chi connectivity index (χ3n) is 2.89. The van der Waals surface area contributed by atoms with Crippen LogP contribution in [0.4, 0.5) is 10.5 Å². The van der Waals surface area contributed by atoms with Crippen molar-refractivity contribution < 1.29 is 14.3 Å². The molecule has 0 aliphatic heterocycles. The maximum Gasteiger partial charge on any atom is 0.407 e. The third kappa shape index (κ3) is 6.93. The molecular formula is C16H23BrN2O3. The standard InChI is InChI=1S/C16H23BrN2O3/c1-11(19-15(21)22-16(2,3)4)5-6-12-9-13(17)7-8-14(12)18-10-20/h7-11H,5-6H2,1-4H3,(H,18,20)(H,19,21). The van der Waals surface area contributed by atoms with Gasteiger partial charge in [0, 0.05) is 16.2 Å². The predicted octanol–water partition coefficient (Wildman–Crippen LogP) is 3.86. The van der Waals surface area contributed by atoms with Gasteiger partial charge in [-0.05, 0) is 64.3 Å². The molecule has 0 heterocycles. The maximum atomic E-state index is 11.7. The molecule has 0 saturated carbocycles. The van der Waals surface area contributed by atoms with Crippen molar-refractivity contribution in [2.75, 3.05) is 5.32 Å². The van der Waals surface area contributed by atoms with E-state index in [2.05, 4.69) is 26.6 Å². The molecule has 1 atom stereocenters. The fourth-order valence-corrected chi connectivity index (χ4v) is 2.33. The molecule has 0 radical (unpaired) electrons. The van der Waals surface area contributed by atoms with Gasteiger partial charge in [0.05, 0.1) is 0 Å². The Hall–Kier alpha value is -1.56. The highest BCUT2D eigenvalue weighted by Gasteiger charge is 2.17. The Bertz CT molecular complexity index is 527. The summed E-state index contributed by atoms with van der Waals surface area (Å²) in [5, 5.41) is 5.50. The molecule has 6 heteroatoms. The highest BCUT2D eigenvalue weighted by atomic mass is 79.9. The molecule has 0 fully saturated rings. The highest BCUT2D eigenvalue weighted by molar-refractivity contribution is 9.10. The molecular weight excluding hydrogens is 348 g/mol. The average Bonchev–Trinajstić information content (AvgIpc) is 2.37. The lowest BCUT2D eigenvalue weighted by atomic mass is 10.0. The Morgan fingerprint density at radius 3 is 2.68 bits per heavy atom. The molecule has 0 aliphatic carbocycles. The fraction of sp³-hybridized carbons (Fsp3) is 0.500. The number of hydrogen-bond acceptors (Lipinski definition) is 3. The molecule has 1 aromatic rings. The van der Waals surface area contributed by atoms with E-state index in [9.17, 15) is 9.59 Å². The summed E-state index contributed by atoms with van der Waals surface area (Å²) in [6.45, 7) is 7.41. The zero-order valence-electron chi connectivity index (χ0n) is 13.4. The summed E-state index contributed by atoms with van der Waals surface area (Å²) >= 11 is 3.42. The van der Waals surface area contributed by atoms with E-state index in [1.165, 1.54) is 0 Å². The van der Waals surface area contributed by atoms with E-state index in [1.807, 2.05) is 45.9 Å². The van der Waals surface area contributed by atoms with Crippen LogP contribution in [0.3, 0.4) is 0 Å². The van der Waals surface area contributed by atoms with Crippen molar-refractivity contribution in [1.82, 2.24) is 5.32 Å². The van der Waals surface area contributed by atoms with E-state index in [0.29, 0.717) is 6.41 Å².